The van der Waals surface area contributed by atoms with Crippen LogP contribution in [0.3, 0.4) is 0 Å². The Morgan fingerprint density at radius 1 is 1.56 bits per heavy atom. The van der Waals surface area contributed by atoms with E-state index in [2.05, 4.69) is 10.2 Å². The topological polar surface area (TPSA) is 69.9 Å². The molecule has 0 aliphatic rings. The van der Waals surface area contributed by atoms with E-state index in [1.807, 2.05) is 30.7 Å². The molecule has 0 radical (unpaired) electrons. The molecular formula is C10H14N4OS. The first-order valence-electron chi connectivity index (χ1n) is 4.98. The van der Waals surface area contributed by atoms with Crippen molar-refractivity contribution in [2.75, 3.05) is 0 Å². The highest BCUT2D eigenvalue weighted by Gasteiger charge is 2.22. The lowest BCUT2D eigenvalue weighted by Gasteiger charge is -2.16. The maximum absolute atomic E-state index is 5.96. The van der Waals surface area contributed by atoms with Crippen molar-refractivity contribution in [3.63, 3.8) is 0 Å². The normalized spacial score (nSPS) is 14.9. The molecule has 86 valence electrons. The van der Waals surface area contributed by atoms with Crippen molar-refractivity contribution in [1.29, 1.82) is 0 Å². The predicted octanol–water partition coefficient (Wildman–Crippen LogP) is 1.59. The van der Waals surface area contributed by atoms with Crippen LogP contribution >= 0.6 is 11.8 Å². The minimum atomic E-state index is -0.0205. The van der Waals surface area contributed by atoms with Gasteiger partial charge in [-0.05, 0) is 19.1 Å². The number of rotatable bonds is 4. The highest BCUT2D eigenvalue weighted by Crippen LogP contribution is 2.35. The molecule has 0 aliphatic heterocycles. The second-order valence-electron chi connectivity index (χ2n) is 3.64. The van der Waals surface area contributed by atoms with Gasteiger partial charge in [0, 0.05) is 13.1 Å². The second-order valence-corrected chi connectivity index (χ2v) is 4.75. The van der Waals surface area contributed by atoms with E-state index in [9.17, 15) is 0 Å². The zero-order valence-electron chi connectivity index (χ0n) is 9.20. The van der Waals surface area contributed by atoms with E-state index in [1.54, 1.807) is 24.4 Å². The fraction of sp³-hybridized carbons (Fsp3) is 0.400. The van der Waals surface area contributed by atoms with Crippen molar-refractivity contribution < 1.29 is 4.42 Å². The van der Waals surface area contributed by atoms with Crippen molar-refractivity contribution in [3.05, 3.63) is 30.5 Å². The number of hydrogen-bond acceptors (Lipinski definition) is 5. The van der Waals surface area contributed by atoms with Gasteiger partial charge in [-0.2, -0.15) is 0 Å². The molecule has 2 unspecified atom stereocenters. The summed E-state index contributed by atoms with van der Waals surface area (Å²) >= 11 is 1.56. The molecule has 2 aromatic heterocycles. The largest absolute Gasteiger partial charge is 0.468 e. The number of hydrogen-bond donors (Lipinski definition) is 1. The van der Waals surface area contributed by atoms with E-state index in [4.69, 9.17) is 10.2 Å². The van der Waals surface area contributed by atoms with Crippen LogP contribution in [0.25, 0.3) is 0 Å². The van der Waals surface area contributed by atoms with E-state index >= 15 is 0 Å². The molecule has 2 heterocycles. The molecule has 2 atom stereocenters. The molecular weight excluding hydrogens is 224 g/mol. The molecule has 0 amide bonds. The van der Waals surface area contributed by atoms with E-state index in [0.29, 0.717) is 0 Å². The Kier molecular flexibility index (Phi) is 3.31. The Morgan fingerprint density at radius 3 is 2.88 bits per heavy atom. The summed E-state index contributed by atoms with van der Waals surface area (Å²) in [7, 11) is 1.91. The summed E-state index contributed by atoms with van der Waals surface area (Å²) in [5, 5.41) is 8.75. The third-order valence-electron chi connectivity index (χ3n) is 2.20. The third kappa shape index (κ3) is 2.28. The van der Waals surface area contributed by atoms with Crippen LogP contribution in [0.5, 0.6) is 0 Å². The maximum atomic E-state index is 5.96. The van der Waals surface area contributed by atoms with Crippen LogP contribution in [0.2, 0.25) is 0 Å². The smallest absolute Gasteiger partial charge is 0.191 e. The van der Waals surface area contributed by atoms with Crippen LogP contribution in [-0.4, -0.2) is 20.8 Å². The van der Waals surface area contributed by atoms with Gasteiger partial charge in [0.1, 0.15) is 12.1 Å². The number of nitrogens with two attached hydrogens (primary N) is 1. The van der Waals surface area contributed by atoms with E-state index in [0.717, 1.165) is 10.9 Å². The zero-order valence-corrected chi connectivity index (χ0v) is 10.0. The number of furan rings is 1. The second kappa shape index (κ2) is 4.71. The monoisotopic (exact) mass is 238 g/mol. The third-order valence-corrected chi connectivity index (χ3v) is 3.70. The molecule has 2 rings (SSSR count). The summed E-state index contributed by atoms with van der Waals surface area (Å²) in [5.41, 5.74) is 5.96. The van der Waals surface area contributed by atoms with Gasteiger partial charge in [-0.3, -0.25) is 0 Å². The first-order valence-corrected chi connectivity index (χ1v) is 5.86. The van der Waals surface area contributed by atoms with Crippen molar-refractivity contribution in [1.82, 2.24) is 14.8 Å². The summed E-state index contributed by atoms with van der Waals surface area (Å²) in [6.45, 7) is 1.95. The highest BCUT2D eigenvalue weighted by molar-refractivity contribution is 7.99. The van der Waals surface area contributed by atoms with Gasteiger partial charge in [-0.25, -0.2) is 0 Å². The maximum Gasteiger partial charge on any atom is 0.191 e. The Morgan fingerprint density at radius 2 is 2.38 bits per heavy atom. The molecule has 0 aromatic carbocycles. The molecule has 0 bridgehead atoms. The molecule has 16 heavy (non-hydrogen) atoms. The number of aryl methyl sites for hydroxylation is 1. The molecule has 0 spiro atoms. The van der Waals surface area contributed by atoms with Gasteiger partial charge < -0.3 is 14.7 Å². The van der Waals surface area contributed by atoms with Crippen LogP contribution < -0.4 is 5.73 Å². The van der Waals surface area contributed by atoms with Gasteiger partial charge in [-0.1, -0.05) is 11.8 Å². The molecule has 2 aromatic rings. The van der Waals surface area contributed by atoms with Crippen LogP contribution in [0, 0.1) is 0 Å². The zero-order chi connectivity index (χ0) is 11.5. The van der Waals surface area contributed by atoms with Gasteiger partial charge >= 0.3 is 0 Å². The van der Waals surface area contributed by atoms with Gasteiger partial charge in [0.2, 0.25) is 0 Å². The summed E-state index contributed by atoms with van der Waals surface area (Å²) in [6.07, 6.45) is 3.32. The number of nitrogens with zero attached hydrogens (tertiary/aromatic N) is 3. The first kappa shape index (κ1) is 11.2. The Hall–Kier alpha value is -1.27. The fourth-order valence-corrected chi connectivity index (χ4v) is 2.37. The fourth-order valence-electron chi connectivity index (χ4n) is 1.37. The molecule has 0 fully saturated rings. The summed E-state index contributed by atoms with van der Waals surface area (Å²) < 4.78 is 7.25. The highest BCUT2D eigenvalue weighted by atomic mass is 32.2. The lowest BCUT2D eigenvalue weighted by Crippen LogP contribution is -2.22. The van der Waals surface area contributed by atoms with Gasteiger partial charge in [0.05, 0.1) is 11.5 Å². The minimum Gasteiger partial charge on any atom is -0.468 e. The van der Waals surface area contributed by atoms with Gasteiger partial charge in [0.15, 0.2) is 5.16 Å². The minimum absolute atomic E-state index is 0.0205. The van der Waals surface area contributed by atoms with Crippen molar-refractivity contribution in [2.24, 2.45) is 12.8 Å². The van der Waals surface area contributed by atoms with Crippen molar-refractivity contribution in [2.45, 2.75) is 23.4 Å². The molecule has 5 nitrogen and oxygen atoms in total. The van der Waals surface area contributed by atoms with Gasteiger partial charge in [-0.15, -0.1) is 10.2 Å². The Balaban J connectivity index is 2.19. The summed E-state index contributed by atoms with van der Waals surface area (Å²) in [6, 6.07) is 3.77. The lowest BCUT2D eigenvalue weighted by molar-refractivity contribution is 0.486. The Labute approximate surface area is 98.0 Å². The Bertz CT molecular complexity index is 437. The van der Waals surface area contributed by atoms with Crippen molar-refractivity contribution in [3.8, 4) is 0 Å². The van der Waals surface area contributed by atoms with Crippen LogP contribution in [-0.2, 0) is 7.05 Å². The quantitative estimate of drug-likeness (QED) is 0.819. The summed E-state index contributed by atoms with van der Waals surface area (Å²) in [4.78, 5) is 0. The SMILES string of the molecule is CC(N)C(Sc1nncn1C)c1ccco1. The number of thioether (sulfide) groups is 1. The first-order chi connectivity index (χ1) is 7.68. The van der Waals surface area contributed by atoms with Crippen LogP contribution in [0.4, 0.5) is 0 Å². The molecule has 0 saturated heterocycles. The van der Waals surface area contributed by atoms with E-state index < -0.39 is 0 Å². The molecule has 2 N–H and O–H groups in total. The average Bonchev–Trinajstić information content (AvgIpc) is 2.85. The predicted molar refractivity (Wildman–Crippen MR) is 62.0 cm³/mol. The molecule has 6 heteroatoms. The standard InChI is InChI=1S/C10H14N4OS/c1-7(11)9(8-4-3-5-15-8)16-10-13-12-6-14(10)2/h3-7,9H,11H2,1-2H3. The van der Waals surface area contributed by atoms with Gasteiger partial charge in [0.25, 0.3) is 0 Å². The number of aromatic nitrogens is 3. The lowest BCUT2D eigenvalue weighted by atomic mass is 10.2. The van der Waals surface area contributed by atoms with Crippen LogP contribution in [0.1, 0.15) is 17.9 Å². The van der Waals surface area contributed by atoms with Crippen molar-refractivity contribution >= 4 is 11.8 Å². The van der Waals surface area contributed by atoms with E-state index in [-0.39, 0.29) is 11.3 Å². The molecule has 0 aliphatic carbocycles. The summed E-state index contributed by atoms with van der Waals surface area (Å²) in [5.74, 6) is 0.864. The average molecular weight is 238 g/mol. The van der Waals surface area contributed by atoms with Crippen LogP contribution in [0.15, 0.2) is 34.3 Å². The molecule has 0 saturated carbocycles. The van der Waals surface area contributed by atoms with E-state index in [1.165, 1.54) is 0 Å².